The summed E-state index contributed by atoms with van der Waals surface area (Å²) in [6, 6.07) is 5.34. The highest BCUT2D eigenvalue weighted by atomic mass is 79.9. The van der Waals surface area contributed by atoms with Gasteiger partial charge in [0.25, 0.3) is 0 Å². The van der Waals surface area contributed by atoms with Gasteiger partial charge in [-0.25, -0.2) is 0 Å². The average molecular weight is 251 g/mol. The van der Waals surface area contributed by atoms with Gasteiger partial charge in [-0.1, -0.05) is 39.7 Å². The molecule has 0 spiro atoms. The van der Waals surface area contributed by atoms with Crippen molar-refractivity contribution in [2.75, 3.05) is 0 Å². The SMILES string of the molecule is NC(=S)c1cc(Cl)cc(Br)c1. The Morgan fingerprint density at radius 3 is 2.55 bits per heavy atom. The average Bonchev–Trinajstić information content (AvgIpc) is 1.85. The molecule has 0 saturated heterocycles. The number of hydrogen-bond donors (Lipinski definition) is 1. The van der Waals surface area contributed by atoms with Crippen molar-refractivity contribution in [3.05, 3.63) is 33.3 Å². The molecule has 0 bridgehead atoms. The molecule has 0 fully saturated rings. The van der Waals surface area contributed by atoms with E-state index in [1.54, 1.807) is 12.1 Å². The molecule has 1 aromatic carbocycles. The van der Waals surface area contributed by atoms with E-state index < -0.39 is 0 Å². The molecule has 0 radical (unpaired) electrons. The van der Waals surface area contributed by atoms with E-state index in [-0.39, 0.29) is 0 Å². The van der Waals surface area contributed by atoms with E-state index in [0.717, 1.165) is 10.0 Å². The minimum Gasteiger partial charge on any atom is -0.389 e. The lowest BCUT2D eigenvalue weighted by Gasteiger charge is -1.99. The summed E-state index contributed by atoms with van der Waals surface area (Å²) in [6.07, 6.45) is 0. The maximum Gasteiger partial charge on any atom is 0.104 e. The summed E-state index contributed by atoms with van der Waals surface area (Å²) < 4.78 is 0.882. The highest BCUT2D eigenvalue weighted by molar-refractivity contribution is 9.10. The van der Waals surface area contributed by atoms with Gasteiger partial charge in [0.15, 0.2) is 0 Å². The smallest absolute Gasteiger partial charge is 0.104 e. The maximum absolute atomic E-state index is 5.75. The normalized spacial score (nSPS) is 9.64. The molecule has 0 saturated carbocycles. The van der Waals surface area contributed by atoms with Crippen molar-refractivity contribution >= 4 is 44.7 Å². The van der Waals surface area contributed by atoms with Crippen LogP contribution < -0.4 is 5.73 Å². The summed E-state index contributed by atoms with van der Waals surface area (Å²) in [4.78, 5) is 0.355. The Bertz CT molecular complexity index is 280. The van der Waals surface area contributed by atoms with Crippen LogP contribution in [0.5, 0.6) is 0 Å². The number of hydrogen-bond acceptors (Lipinski definition) is 1. The molecule has 1 rings (SSSR count). The molecule has 0 aliphatic rings. The van der Waals surface area contributed by atoms with Crippen LogP contribution in [0.2, 0.25) is 5.02 Å². The molecule has 0 aliphatic heterocycles. The first-order valence-electron chi connectivity index (χ1n) is 2.85. The Kier molecular flexibility index (Phi) is 2.87. The minimum absolute atomic E-state index is 0.355. The van der Waals surface area contributed by atoms with Gasteiger partial charge in [0.2, 0.25) is 0 Å². The molecular weight excluding hydrogens is 246 g/mol. The van der Waals surface area contributed by atoms with Gasteiger partial charge in [0, 0.05) is 15.1 Å². The number of rotatable bonds is 1. The second kappa shape index (κ2) is 3.52. The van der Waals surface area contributed by atoms with E-state index in [4.69, 9.17) is 29.6 Å². The van der Waals surface area contributed by atoms with Gasteiger partial charge in [0.05, 0.1) is 0 Å². The monoisotopic (exact) mass is 249 g/mol. The molecular formula is C7H5BrClNS. The molecule has 0 amide bonds. The minimum atomic E-state index is 0.355. The Morgan fingerprint density at radius 1 is 1.45 bits per heavy atom. The van der Waals surface area contributed by atoms with Crippen molar-refractivity contribution in [2.24, 2.45) is 5.73 Å². The largest absolute Gasteiger partial charge is 0.389 e. The molecule has 4 heteroatoms. The van der Waals surface area contributed by atoms with Crippen LogP contribution >= 0.6 is 39.7 Å². The second-order valence-electron chi connectivity index (χ2n) is 2.02. The third kappa shape index (κ3) is 2.43. The van der Waals surface area contributed by atoms with Crippen LogP contribution in [0, 0.1) is 0 Å². The molecule has 1 nitrogen and oxygen atoms in total. The first kappa shape index (κ1) is 8.97. The van der Waals surface area contributed by atoms with Crippen molar-refractivity contribution in [1.82, 2.24) is 0 Å². The molecule has 0 aromatic heterocycles. The van der Waals surface area contributed by atoms with E-state index >= 15 is 0 Å². The fourth-order valence-electron chi connectivity index (χ4n) is 0.696. The maximum atomic E-state index is 5.75. The Hall–Kier alpha value is -0.120. The summed E-state index contributed by atoms with van der Waals surface area (Å²) in [5.74, 6) is 0. The van der Waals surface area contributed by atoms with Crippen LogP contribution in [-0.2, 0) is 0 Å². The van der Waals surface area contributed by atoms with Gasteiger partial charge < -0.3 is 5.73 Å². The third-order valence-corrected chi connectivity index (χ3v) is 2.06. The van der Waals surface area contributed by atoms with Crippen LogP contribution in [0.3, 0.4) is 0 Å². The quantitative estimate of drug-likeness (QED) is 0.776. The van der Waals surface area contributed by atoms with Crippen molar-refractivity contribution in [3.63, 3.8) is 0 Å². The van der Waals surface area contributed by atoms with Crippen molar-refractivity contribution in [3.8, 4) is 0 Å². The molecule has 0 heterocycles. The van der Waals surface area contributed by atoms with Crippen LogP contribution in [-0.4, -0.2) is 4.99 Å². The van der Waals surface area contributed by atoms with Crippen molar-refractivity contribution < 1.29 is 0 Å². The topological polar surface area (TPSA) is 26.0 Å². The van der Waals surface area contributed by atoms with E-state index in [0.29, 0.717) is 10.0 Å². The highest BCUT2D eigenvalue weighted by Crippen LogP contribution is 2.19. The Balaban J connectivity index is 3.19. The lowest BCUT2D eigenvalue weighted by molar-refractivity contribution is 1.59. The van der Waals surface area contributed by atoms with Crippen LogP contribution in [0.15, 0.2) is 22.7 Å². The first-order valence-corrected chi connectivity index (χ1v) is 4.43. The highest BCUT2D eigenvalue weighted by Gasteiger charge is 1.98. The second-order valence-corrected chi connectivity index (χ2v) is 3.81. The third-order valence-electron chi connectivity index (χ3n) is 1.15. The molecule has 58 valence electrons. The number of halogens is 2. The van der Waals surface area contributed by atoms with E-state index in [2.05, 4.69) is 15.9 Å². The summed E-state index contributed by atoms with van der Waals surface area (Å²) >= 11 is 13.8. The lowest BCUT2D eigenvalue weighted by atomic mass is 10.2. The number of nitrogens with two attached hydrogens (primary N) is 1. The number of thiocarbonyl (C=S) groups is 1. The van der Waals surface area contributed by atoms with Gasteiger partial charge in [-0.15, -0.1) is 0 Å². The Morgan fingerprint density at radius 2 is 2.09 bits per heavy atom. The Labute approximate surface area is 83.7 Å². The van der Waals surface area contributed by atoms with Gasteiger partial charge in [-0.3, -0.25) is 0 Å². The molecule has 1 aromatic rings. The zero-order valence-corrected chi connectivity index (χ0v) is 8.63. The van der Waals surface area contributed by atoms with E-state index in [9.17, 15) is 0 Å². The zero-order valence-electron chi connectivity index (χ0n) is 5.47. The van der Waals surface area contributed by atoms with Crippen molar-refractivity contribution in [2.45, 2.75) is 0 Å². The summed E-state index contributed by atoms with van der Waals surface area (Å²) in [5, 5.41) is 0.627. The van der Waals surface area contributed by atoms with Gasteiger partial charge in [0.1, 0.15) is 4.99 Å². The van der Waals surface area contributed by atoms with Crippen LogP contribution in [0.4, 0.5) is 0 Å². The lowest BCUT2D eigenvalue weighted by Crippen LogP contribution is -2.08. The van der Waals surface area contributed by atoms with E-state index in [1.807, 2.05) is 6.07 Å². The molecule has 0 aliphatic carbocycles. The molecule has 11 heavy (non-hydrogen) atoms. The van der Waals surface area contributed by atoms with Crippen LogP contribution in [0.1, 0.15) is 5.56 Å². The molecule has 2 N–H and O–H groups in total. The summed E-state index contributed by atoms with van der Waals surface area (Å²) in [7, 11) is 0. The van der Waals surface area contributed by atoms with E-state index in [1.165, 1.54) is 0 Å². The van der Waals surface area contributed by atoms with Crippen LogP contribution in [0.25, 0.3) is 0 Å². The predicted molar refractivity (Wildman–Crippen MR) is 55.0 cm³/mol. The molecule has 0 unspecified atom stereocenters. The van der Waals surface area contributed by atoms with Gasteiger partial charge in [-0.2, -0.15) is 0 Å². The zero-order chi connectivity index (χ0) is 8.43. The fraction of sp³-hybridized carbons (Fsp3) is 0. The summed E-state index contributed by atoms with van der Waals surface area (Å²) in [6.45, 7) is 0. The molecule has 0 atom stereocenters. The van der Waals surface area contributed by atoms with Gasteiger partial charge >= 0.3 is 0 Å². The van der Waals surface area contributed by atoms with Crippen molar-refractivity contribution in [1.29, 1.82) is 0 Å². The number of benzene rings is 1. The standard InChI is InChI=1S/C7H5BrClNS/c8-5-1-4(7(10)11)2-6(9)3-5/h1-3H,(H2,10,11). The fourth-order valence-corrected chi connectivity index (χ4v) is 1.67. The van der Waals surface area contributed by atoms with Gasteiger partial charge in [-0.05, 0) is 18.2 Å². The predicted octanol–water partition coefficient (Wildman–Crippen LogP) is 2.74. The summed E-state index contributed by atoms with van der Waals surface area (Å²) in [5.41, 5.74) is 6.18. The first-order chi connectivity index (χ1) is 5.09.